The number of nitrogens with zero attached hydrogens (tertiary/aromatic N) is 4. The van der Waals surface area contributed by atoms with E-state index in [1.807, 2.05) is 42.5 Å². The first-order valence-electron chi connectivity index (χ1n) is 9.61. The number of hydrogen-bond donors (Lipinski definition) is 1. The maximum Gasteiger partial charge on any atom is 0.434 e. The zero-order valence-electron chi connectivity index (χ0n) is 17.1. The lowest BCUT2D eigenvalue weighted by Crippen LogP contribution is -2.29. The van der Waals surface area contributed by atoms with Crippen LogP contribution in [0.3, 0.4) is 0 Å². The van der Waals surface area contributed by atoms with E-state index < -0.39 is 29.4 Å². The average Bonchev–Trinajstić information content (AvgIpc) is 3.25. The lowest BCUT2D eigenvalue weighted by atomic mass is 9.99. The molecule has 32 heavy (non-hydrogen) atoms. The Morgan fingerprint density at radius 3 is 2.50 bits per heavy atom. The van der Waals surface area contributed by atoms with Gasteiger partial charge in [-0.3, -0.25) is 4.79 Å². The van der Waals surface area contributed by atoms with Crippen molar-refractivity contribution < 1.29 is 22.7 Å². The molecule has 1 amide bonds. The zero-order valence-corrected chi connectivity index (χ0v) is 17.1. The number of alkyl halides is 3. The standard InChI is InChI=1S/C22H18F3N5O2/c1-13(15-9-5-7-14-6-3-4-8-16(14)15)27-21(31)17-12-26-30(20(17)22(23,24)25)18-10-11-19(32-2)29-28-18/h3-13H,1-2H3,(H,27,31). The fourth-order valence-corrected chi connectivity index (χ4v) is 3.48. The maximum absolute atomic E-state index is 13.9. The van der Waals surface area contributed by atoms with Crippen LogP contribution in [0.15, 0.2) is 60.8 Å². The lowest BCUT2D eigenvalue weighted by Gasteiger charge is -2.17. The topological polar surface area (TPSA) is 81.9 Å². The van der Waals surface area contributed by atoms with Gasteiger partial charge in [0.05, 0.1) is 24.9 Å². The molecule has 0 aliphatic rings. The van der Waals surface area contributed by atoms with Gasteiger partial charge in [0, 0.05) is 6.07 Å². The number of hydrogen-bond acceptors (Lipinski definition) is 5. The maximum atomic E-state index is 13.9. The van der Waals surface area contributed by atoms with Gasteiger partial charge in [0.2, 0.25) is 5.88 Å². The van der Waals surface area contributed by atoms with Gasteiger partial charge < -0.3 is 10.1 Å². The molecule has 4 rings (SSSR count). The number of benzene rings is 2. The Morgan fingerprint density at radius 1 is 1.06 bits per heavy atom. The van der Waals surface area contributed by atoms with E-state index in [9.17, 15) is 18.0 Å². The summed E-state index contributed by atoms with van der Waals surface area (Å²) in [7, 11) is 1.36. The van der Waals surface area contributed by atoms with Gasteiger partial charge in [-0.1, -0.05) is 42.5 Å². The Bertz CT molecular complexity index is 1260. The van der Waals surface area contributed by atoms with Crippen LogP contribution in [0.5, 0.6) is 5.88 Å². The van der Waals surface area contributed by atoms with Crippen LogP contribution in [0.25, 0.3) is 16.6 Å². The molecule has 2 aromatic heterocycles. The monoisotopic (exact) mass is 441 g/mol. The number of rotatable bonds is 5. The SMILES string of the molecule is COc1ccc(-n2ncc(C(=O)NC(C)c3cccc4ccccc34)c2C(F)(F)F)nn1. The van der Waals surface area contributed by atoms with E-state index in [0.717, 1.165) is 22.5 Å². The molecule has 2 heterocycles. The van der Waals surface area contributed by atoms with E-state index in [2.05, 4.69) is 20.6 Å². The van der Waals surface area contributed by atoms with E-state index in [-0.39, 0.29) is 11.7 Å². The molecule has 0 radical (unpaired) electrons. The molecule has 0 fully saturated rings. The smallest absolute Gasteiger partial charge is 0.434 e. The second-order valence-electron chi connectivity index (χ2n) is 7.01. The summed E-state index contributed by atoms with van der Waals surface area (Å²) < 4.78 is 47.1. The minimum absolute atomic E-state index is 0.136. The number of methoxy groups -OCH3 is 1. The van der Waals surface area contributed by atoms with Gasteiger partial charge in [-0.05, 0) is 29.3 Å². The van der Waals surface area contributed by atoms with Crippen molar-refractivity contribution in [2.24, 2.45) is 0 Å². The molecule has 0 spiro atoms. The van der Waals surface area contributed by atoms with Gasteiger partial charge >= 0.3 is 6.18 Å². The van der Waals surface area contributed by atoms with Crippen LogP contribution in [-0.4, -0.2) is 33.0 Å². The molecule has 4 aromatic rings. The fourth-order valence-electron chi connectivity index (χ4n) is 3.48. The van der Waals surface area contributed by atoms with Crippen molar-refractivity contribution in [1.29, 1.82) is 0 Å². The number of nitrogens with one attached hydrogen (secondary N) is 1. The van der Waals surface area contributed by atoms with Crippen LogP contribution in [0.4, 0.5) is 13.2 Å². The minimum atomic E-state index is -4.85. The van der Waals surface area contributed by atoms with E-state index in [1.165, 1.54) is 19.2 Å². The van der Waals surface area contributed by atoms with Crippen LogP contribution in [-0.2, 0) is 6.18 Å². The number of halogens is 3. The van der Waals surface area contributed by atoms with Crippen LogP contribution < -0.4 is 10.1 Å². The lowest BCUT2D eigenvalue weighted by molar-refractivity contribution is -0.143. The predicted octanol–water partition coefficient (Wildman–Crippen LogP) is 4.33. The van der Waals surface area contributed by atoms with Crippen LogP contribution in [0.2, 0.25) is 0 Å². The van der Waals surface area contributed by atoms with Crippen molar-refractivity contribution in [3.05, 3.63) is 77.6 Å². The largest absolute Gasteiger partial charge is 0.480 e. The summed E-state index contributed by atoms with van der Waals surface area (Å²) in [6, 6.07) is 15.2. The highest BCUT2D eigenvalue weighted by atomic mass is 19.4. The van der Waals surface area contributed by atoms with Gasteiger partial charge in [-0.15, -0.1) is 10.2 Å². The van der Waals surface area contributed by atoms with Crippen molar-refractivity contribution in [3.63, 3.8) is 0 Å². The molecule has 1 unspecified atom stereocenters. The normalized spacial score (nSPS) is 12.5. The summed E-state index contributed by atoms with van der Waals surface area (Å²) in [5.41, 5.74) is -1.06. The van der Waals surface area contributed by atoms with Crippen molar-refractivity contribution in [2.75, 3.05) is 7.11 Å². The average molecular weight is 441 g/mol. The van der Waals surface area contributed by atoms with E-state index in [4.69, 9.17) is 4.74 Å². The molecule has 0 saturated carbocycles. The fraction of sp³-hybridized carbons (Fsp3) is 0.182. The zero-order chi connectivity index (χ0) is 22.9. The third-order valence-corrected chi connectivity index (χ3v) is 4.97. The summed E-state index contributed by atoms with van der Waals surface area (Å²) in [5, 5.41) is 15.6. The number of ether oxygens (including phenoxy) is 1. The second kappa shape index (κ2) is 8.29. The molecule has 164 valence electrons. The first-order chi connectivity index (χ1) is 15.3. The molecule has 2 aromatic carbocycles. The molecule has 0 bridgehead atoms. The number of carbonyl (C=O) groups is 1. The minimum Gasteiger partial charge on any atom is -0.480 e. The van der Waals surface area contributed by atoms with Crippen molar-refractivity contribution in [1.82, 2.24) is 25.3 Å². The molecule has 1 atom stereocenters. The number of carbonyl (C=O) groups excluding carboxylic acids is 1. The molecular formula is C22H18F3N5O2. The summed E-state index contributed by atoms with van der Waals surface area (Å²) in [4.78, 5) is 12.9. The second-order valence-corrected chi connectivity index (χ2v) is 7.01. The first-order valence-corrected chi connectivity index (χ1v) is 9.61. The Balaban J connectivity index is 1.68. The van der Waals surface area contributed by atoms with E-state index in [0.29, 0.717) is 4.68 Å². The van der Waals surface area contributed by atoms with Crippen molar-refractivity contribution in [3.8, 4) is 11.7 Å². The molecule has 7 nitrogen and oxygen atoms in total. The highest BCUT2D eigenvalue weighted by Gasteiger charge is 2.41. The molecule has 0 saturated heterocycles. The number of amides is 1. The predicted molar refractivity (Wildman–Crippen MR) is 111 cm³/mol. The molecular weight excluding hydrogens is 423 g/mol. The summed E-state index contributed by atoms with van der Waals surface area (Å²) in [6.07, 6.45) is -3.98. The Morgan fingerprint density at radius 2 is 1.81 bits per heavy atom. The van der Waals surface area contributed by atoms with Crippen LogP contribution in [0.1, 0.15) is 34.6 Å². The Hall–Kier alpha value is -3.95. The Kier molecular flexibility index (Phi) is 5.52. The highest BCUT2D eigenvalue weighted by molar-refractivity contribution is 5.96. The van der Waals surface area contributed by atoms with Gasteiger partial charge in [0.1, 0.15) is 0 Å². The van der Waals surface area contributed by atoms with Gasteiger partial charge in [0.25, 0.3) is 5.91 Å². The first kappa shape index (κ1) is 21.3. The van der Waals surface area contributed by atoms with Gasteiger partial charge in [-0.2, -0.15) is 18.3 Å². The number of fused-ring (bicyclic) bond motifs is 1. The van der Waals surface area contributed by atoms with E-state index in [1.54, 1.807) is 6.92 Å². The number of aromatic nitrogens is 4. The Labute approximate surface area is 180 Å². The summed E-state index contributed by atoms with van der Waals surface area (Å²) in [5.74, 6) is -0.957. The van der Waals surface area contributed by atoms with Gasteiger partial charge in [0.15, 0.2) is 11.5 Å². The van der Waals surface area contributed by atoms with Gasteiger partial charge in [-0.25, -0.2) is 4.68 Å². The molecule has 10 heteroatoms. The van der Waals surface area contributed by atoms with Crippen LogP contribution >= 0.6 is 0 Å². The molecule has 0 aliphatic carbocycles. The van der Waals surface area contributed by atoms with E-state index >= 15 is 0 Å². The molecule has 0 aliphatic heterocycles. The highest BCUT2D eigenvalue weighted by Crippen LogP contribution is 2.34. The van der Waals surface area contributed by atoms with Crippen molar-refractivity contribution in [2.45, 2.75) is 19.1 Å². The quantitative estimate of drug-likeness (QED) is 0.499. The third kappa shape index (κ3) is 3.98. The summed E-state index contributed by atoms with van der Waals surface area (Å²) in [6.45, 7) is 1.71. The molecule has 1 N–H and O–H groups in total. The third-order valence-electron chi connectivity index (χ3n) is 4.97. The van der Waals surface area contributed by atoms with Crippen LogP contribution in [0, 0.1) is 0 Å². The summed E-state index contributed by atoms with van der Waals surface area (Å²) >= 11 is 0. The van der Waals surface area contributed by atoms with Crippen molar-refractivity contribution >= 4 is 16.7 Å².